The average Bonchev–Trinajstić information content (AvgIpc) is 3.53. The largest absolute Gasteiger partial charge is 0.508 e. The second-order valence-corrected chi connectivity index (χ2v) is 22.5. The van der Waals surface area contributed by atoms with Gasteiger partial charge in [-0.3, -0.25) is 0 Å². The minimum atomic E-state index is -0.847. The number of phenols is 7. The molecule has 0 heterocycles. The van der Waals surface area contributed by atoms with E-state index in [2.05, 4.69) is 119 Å². The summed E-state index contributed by atoms with van der Waals surface area (Å²) in [4.78, 5) is 0. The van der Waals surface area contributed by atoms with Crippen molar-refractivity contribution in [1.29, 1.82) is 0 Å². The van der Waals surface area contributed by atoms with Crippen molar-refractivity contribution in [3.8, 4) is 51.4 Å². The van der Waals surface area contributed by atoms with Gasteiger partial charge < -0.3 is 35.7 Å². The number of aromatic hydroxyl groups is 7. The molecule has 10 aromatic carbocycles. The van der Waals surface area contributed by atoms with Crippen molar-refractivity contribution in [2.45, 2.75) is 98.8 Å². The molecule has 416 valence electrons. The molecule has 0 aliphatic heterocycles. The van der Waals surface area contributed by atoms with E-state index in [9.17, 15) is 35.7 Å². The fraction of sp³-hybridized carbons (Fsp3) is 0.200. The number of hydrogen-bond acceptors (Lipinski definition) is 7. The highest BCUT2D eigenvalue weighted by Gasteiger charge is 2.34. The van der Waals surface area contributed by atoms with Gasteiger partial charge in [0.25, 0.3) is 0 Å². The second-order valence-electron chi connectivity index (χ2n) is 22.5. The molecule has 10 rings (SSSR count). The first-order chi connectivity index (χ1) is 39.3. The molecule has 0 aliphatic carbocycles. The summed E-state index contributed by atoms with van der Waals surface area (Å²) in [5, 5.41) is 76.2. The summed E-state index contributed by atoms with van der Waals surface area (Å²) in [6.07, 6.45) is 4.23. The van der Waals surface area contributed by atoms with E-state index in [1.54, 1.807) is 42.5 Å². The quantitative estimate of drug-likeness (QED) is 0.0478. The molecule has 0 saturated heterocycles. The van der Waals surface area contributed by atoms with E-state index in [1.165, 1.54) is 17.5 Å². The molecular formula is C75H74O7. The third-order valence-corrected chi connectivity index (χ3v) is 15.7. The maximum atomic E-state index is 12.4. The summed E-state index contributed by atoms with van der Waals surface area (Å²) in [6.45, 7) is 14.2. The second kappa shape index (κ2) is 25.1. The van der Waals surface area contributed by atoms with Crippen LogP contribution in [0, 0.1) is 27.7 Å². The number of aryl methyl sites for hydroxylation is 4. The number of phenolic OH excluding ortho intramolecular Hbond substituents is 7. The summed E-state index contributed by atoms with van der Waals surface area (Å²) in [7, 11) is 0. The van der Waals surface area contributed by atoms with Gasteiger partial charge in [-0.2, -0.15) is 0 Å². The molecule has 0 aromatic heterocycles. The molecule has 7 nitrogen and oxygen atoms in total. The summed E-state index contributed by atoms with van der Waals surface area (Å²) < 4.78 is 0. The third-order valence-electron chi connectivity index (χ3n) is 15.7. The number of rotatable bonds is 16. The molecule has 10 aromatic rings. The van der Waals surface area contributed by atoms with Gasteiger partial charge in [0, 0.05) is 31.1 Å². The van der Waals surface area contributed by atoms with Gasteiger partial charge in [-0.25, -0.2) is 0 Å². The molecule has 0 spiro atoms. The third kappa shape index (κ3) is 13.5. The highest BCUT2D eigenvalue weighted by atomic mass is 16.3. The van der Waals surface area contributed by atoms with Crippen molar-refractivity contribution in [3.05, 3.63) is 300 Å². The van der Waals surface area contributed by atoms with Gasteiger partial charge in [-0.05, 0) is 213 Å². The lowest BCUT2D eigenvalue weighted by Gasteiger charge is -2.34. The molecule has 7 N–H and O–H groups in total. The van der Waals surface area contributed by atoms with E-state index < -0.39 is 5.41 Å². The van der Waals surface area contributed by atoms with Crippen molar-refractivity contribution in [1.82, 2.24) is 0 Å². The van der Waals surface area contributed by atoms with Crippen molar-refractivity contribution in [2.24, 2.45) is 0 Å². The van der Waals surface area contributed by atoms with Gasteiger partial charge >= 0.3 is 0 Å². The van der Waals surface area contributed by atoms with E-state index in [4.69, 9.17) is 0 Å². The van der Waals surface area contributed by atoms with E-state index >= 15 is 0 Å². The number of benzene rings is 10. The first-order valence-electron chi connectivity index (χ1n) is 28.3. The van der Waals surface area contributed by atoms with Gasteiger partial charge in [0.05, 0.1) is 0 Å². The SMILES string of the molecule is CCC.Cc1cccc(Cc2cc(Cc3ccc(O)cc3)cc(C(C)(c3ccc(-c4cc(Cc5ccc(O)c(C)c5)c(O)c(Cc5ccc(O)c(C)c5)c4)cc3)c3cc(Cc4ccc(O)cc4)c(O)c(Cc4ccc(O)c(C)c4)c3)c2)c1. The molecule has 7 heteroatoms. The van der Waals surface area contributed by atoms with E-state index in [-0.39, 0.29) is 40.2 Å². The molecule has 0 amide bonds. The zero-order chi connectivity index (χ0) is 58.2. The molecular weight excluding hydrogens is 1010 g/mol. The van der Waals surface area contributed by atoms with Crippen molar-refractivity contribution < 1.29 is 35.7 Å². The minimum Gasteiger partial charge on any atom is -0.508 e. The molecule has 0 aliphatic rings. The Bertz CT molecular complexity index is 3800. The van der Waals surface area contributed by atoms with Gasteiger partial charge in [-0.15, -0.1) is 0 Å². The Hall–Kier alpha value is -9.20. The normalized spacial score (nSPS) is 11.9. The lowest BCUT2D eigenvalue weighted by molar-refractivity contribution is 0.462. The van der Waals surface area contributed by atoms with Crippen LogP contribution in [-0.2, 0) is 43.9 Å². The topological polar surface area (TPSA) is 142 Å². The Morgan fingerprint density at radius 1 is 0.305 bits per heavy atom. The molecule has 0 radical (unpaired) electrons. The Balaban J connectivity index is 0.00000264. The fourth-order valence-corrected chi connectivity index (χ4v) is 11.1. The minimum absolute atomic E-state index is 0.161. The maximum Gasteiger partial charge on any atom is 0.122 e. The Morgan fingerprint density at radius 3 is 1.10 bits per heavy atom. The van der Waals surface area contributed by atoms with Gasteiger partial charge in [-0.1, -0.05) is 165 Å². The zero-order valence-electron chi connectivity index (χ0n) is 48.1. The van der Waals surface area contributed by atoms with Crippen LogP contribution in [0.15, 0.2) is 194 Å². The highest BCUT2D eigenvalue weighted by Crippen LogP contribution is 2.45. The summed E-state index contributed by atoms with van der Waals surface area (Å²) in [6, 6.07) is 63.6. The Kier molecular flexibility index (Phi) is 17.6. The summed E-state index contributed by atoms with van der Waals surface area (Å²) in [5.41, 5.74) is 18.7. The first kappa shape index (κ1) is 57.5. The van der Waals surface area contributed by atoms with Crippen LogP contribution in [0.25, 0.3) is 11.1 Å². The van der Waals surface area contributed by atoms with Crippen LogP contribution in [0.5, 0.6) is 40.2 Å². The van der Waals surface area contributed by atoms with Crippen molar-refractivity contribution in [3.63, 3.8) is 0 Å². The molecule has 0 bridgehead atoms. The van der Waals surface area contributed by atoms with Crippen LogP contribution in [0.4, 0.5) is 0 Å². The van der Waals surface area contributed by atoms with Crippen LogP contribution in [0.1, 0.15) is 133 Å². The van der Waals surface area contributed by atoms with Crippen LogP contribution >= 0.6 is 0 Å². The summed E-state index contributed by atoms with van der Waals surface area (Å²) in [5.74, 6) is 1.40. The standard InChI is InChI=1S/C72H66O7.C3H8/c1-44-7-6-8-50(27-44)32-55-33-54(31-48-9-20-65(73)21-10-48)38-63(39-55)72(5,64-42-60(34-49-11-22-66(74)23-12-49)71(79)61(43-64)37-53-15-26-69(77)47(4)30-53)62-18-16-56(17-19-62)57-40-58(35-51-13-24-67(75)45(2)28-51)70(78)59(41-57)36-52-14-25-68(76)46(3)29-52;1-3-2/h6-30,33,38-43,73-79H,31-32,34-37H2,1-5H3;3H2,1-2H3. The average molecular weight is 1090 g/mol. The Labute approximate surface area is 483 Å². The van der Waals surface area contributed by atoms with Gasteiger partial charge in [0.1, 0.15) is 40.2 Å². The fourth-order valence-electron chi connectivity index (χ4n) is 11.1. The predicted octanol–water partition coefficient (Wildman–Crippen LogP) is 16.8. The highest BCUT2D eigenvalue weighted by molar-refractivity contribution is 5.70. The zero-order valence-corrected chi connectivity index (χ0v) is 48.1. The molecule has 0 fully saturated rings. The van der Waals surface area contributed by atoms with E-state index in [0.717, 1.165) is 106 Å². The lowest BCUT2D eigenvalue weighted by Crippen LogP contribution is -2.26. The monoisotopic (exact) mass is 1090 g/mol. The number of hydrogen-bond donors (Lipinski definition) is 7. The van der Waals surface area contributed by atoms with Crippen molar-refractivity contribution in [2.75, 3.05) is 0 Å². The van der Waals surface area contributed by atoms with Crippen LogP contribution in [0.2, 0.25) is 0 Å². The van der Waals surface area contributed by atoms with Crippen LogP contribution < -0.4 is 0 Å². The first-order valence-corrected chi connectivity index (χ1v) is 28.3. The van der Waals surface area contributed by atoms with Crippen LogP contribution in [0.3, 0.4) is 0 Å². The Morgan fingerprint density at radius 2 is 0.671 bits per heavy atom. The van der Waals surface area contributed by atoms with Crippen molar-refractivity contribution >= 4 is 0 Å². The smallest absolute Gasteiger partial charge is 0.122 e. The van der Waals surface area contributed by atoms with Crippen LogP contribution in [-0.4, -0.2) is 35.7 Å². The molecule has 0 saturated carbocycles. The van der Waals surface area contributed by atoms with E-state index in [1.807, 2.05) is 81.4 Å². The summed E-state index contributed by atoms with van der Waals surface area (Å²) >= 11 is 0. The molecule has 1 atom stereocenters. The van der Waals surface area contributed by atoms with E-state index in [0.29, 0.717) is 38.5 Å². The van der Waals surface area contributed by atoms with Gasteiger partial charge in [0.15, 0.2) is 0 Å². The van der Waals surface area contributed by atoms with Gasteiger partial charge in [0.2, 0.25) is 0 Å². The molecule has 82 heavy (non-hydrogen) atoms. The maximum absolute atomic E-state index is 12.4. The predicted molar refractivity (Wildman–Crippen MR) is 332 cm³/mol. The molecule has 1 unspecified atom stereocenters. The lowest BCUT2D eigenvalue weighted by atomic mass is 9.69.